The molecule has 1 fully saturated rings. The Morgan fingerprint density at radius 3 is 2.60 bits per heavy atom. The van der Waals surface area contributed by atoms with Crippen molar-refractivity contribution in [3.8, 4) is 0 Å². The number of carbonyl (C=O) groups excluding carboxylic acids is 1. The lowest BCUT2D eigenvalue weighted by Crippen LogP contribution is -2.48. The summed E-state index contributed by atoms with van der Waals surface area (Å²) in [6.45, 7) is 4.50. The van der Waals surface area contributed by atoms with E-state index in [-0.39, 0.29) is 5.91 Å². The second-order valence-electron chi connectivity index (χ2n) is 7.34. The molecule has 2 heterocycles. The first-order valence-electron chi connectivity index (χ1n) is 10.1. The van der Waals surface area contributed by atoms with E-state index in [2.05, 4.69) is 39.5 Å². The van der Waals surface area contributed by atoms with Gasteiger partial charge in [0.2, 0.25) is 0 Å². The standard InChI is InChI=1S/C23H24ClN5O/c24-21-10-4-8-20(16-21)17-29-18-22(25-26-29)23(30)28-14-12-27(13-15-28)11-5-9-19-6-2-1-3-7-19/h1-10,16,18H,11-15,17H2. The van der Waals surface area contributed by atoms with Crippen LogP contribution in [0.25, 0.3) is 6.08 Å². The number of halogens is 1. The molecule has 0 atom stereocenters. The van der Waals surface area contributed by atoms with Crippen molar-refractivity contribution in [1.82, 2.24) is 24.8 Å². The Kier molecular flexibility index (Phi) is 6.57. The Bertz CT molecular complexity index is 1010. The van der Waals surface area contributed by atoms with Gasteiger partial charge in [0, 0.05) is 37.7 Å². The summed E-state index contributed by atoms with van der Waals surface area (Å²) < 4.78 is 1.67. The zero-order chi connectivity index (χ0) is 20.8. The van der Waals surface area contributed by atoms with Crippen molar-refractivity contribution in [2.24, 2.45) is 0 Å². The fraction of sp³-hybridized carbons (Fsp3) is 0.261. The van der Waals surface area contributed by atoms with Gasteiger partial charge >= 0.3 is 0 Å². The minimum atomic E-state index is -0.0631. The van der Waals surface area contributed by atoms with Gasteiger partial charge in [-0.3, -0.25) is 9.69 Å². The van der Waals surface area contributed by atoms with Gasteiger partial charge in [0.25, 0.3) is 5.91 Å². The molecule has 4 rings (SSSR count). The number of nitrogens with zero attached hydrogens (tertiary/aromatic N) is 5. The van der Waals surface area contributed by atoms with Crippen molar-refractivity contribution in [1.29, 1.82) is 0 Å². The van der Waals surface area contributed by atoms with E-state index >= 15 is 0 Å². The number of amides is 1. The largest absolute Gasteiger partial charge is 0.335 e. The van der Waals surface area contributed by atoms with Crippen molar-refractivity contribution < 1.29 is 4.79 Å². The fourth-order valence-corrected chi connectivity index (χ4v) is 3.71. The minimum Gasteiger partial charge on any atom is -0.335 e. The minimum absolute atomic E-state index is 0.0631. The Balaban J connectivity index is 1.27. The van der Waals surface area contributed by atoms with Gasteiger partial charge in [-0.2, -0.15) is 0 Å². The molecule has 0 saturated carbocycles. The molecule has 7 heteroatoms. The molecule has 0 N–H and O–H groups in total. The highest BCUT2D eigenvalue weighted by atomic mass is 35.5. The van der Waals surface area contributed by atoms with Crippen LogP contribution in [0, 0.1) is 0 Å². The first-order valence-corrected chi connectivity index (χ1v) is 10.4. The number of hydrogen-bond donors (Lipinski definition) is 0. The molecule has 154 valence electrons. The molecule has 1 aromatic heterocycles. The summed E-state index contributed by atoms with van der Waals surface area (Å²) >= 11 is 6.03. The molecule has 0 aliphatic carbocycles. The van der Waals surface area contributed by atoms with Crippen LogP contribution >= 0.6 is 11.6 Å². The van der Waals surface area contributed by atoms with E-state index in [9.17, 15) is 4.79 Å². The molecule has 0 radical (unpaired) electrons. The highest BCUT2D eigenvalue weighted by Crippen LogP contribution is 2.12. The van der Waals surface area contributed by atoms with Crippen molar-refractivity contribution in [2.45, 2.75) is 6.54 Å². The van der Waals surface area contributed by atoms with Gasteiger partial charge in [0.1, 0.15) is 0 Å². The summed E-state index contributed by atoms with van der Waals surface area (Å²) in [6.07, 6.45) is 6.02. The predicted octanol–water partition coefficient (Wildman–Crippen LogP) is 3.45. The van der Waals surface area contributed by atoms with Gasteiger partial charge in [0.05, 0.1) is 12.7 Å². The quantitative estimate of drug-likeness (QED) is 0.611. The zero-order valence-corrected chi connectivity index (χ0v) is 17.4. The lowest BCUT2D eigenvalue weighted by molar-refractivity contribution is 0.0644. The molecule has 3 aromatic rings. The lowest BCUT2D eigenvalue weighted by Gasteiger charge is -2.33. The van der Waals surface area contributed by atoms with Crippen LogP contribution in [0.15, 0.2) is 66.9 Å². The third-order valence-corrected chi connectivity index (χ3v) is 5.36. The van der Waals surface area contributed by atoms with Gasteiger partial charge in [-0.05, 0) is 23.3 Å². The summed E-state index contributed by atoms with van der Waals surface area (Å²) in [5, 5.41) is 8.85. The highest BCUT2D eigenvalue weighted by Gasteiger charge is 2.23. The summed E-state index contributed by atoms with van der Waals surface area (Å²) in [7, 11) is 0. The van der Waals surface area contributed by atoms with E-state index in [0.717, 1.165) is 25.2 Å². The van der Waals surface area contributed by atoms with Crippen LogP contribution in [0.5, 0.6) is 0 Å². The van der Waals surface area contributed by atoms with E-state index in [0.29, 0.717) is 30.4 Å². The third-order valence-electron chi connectivity index (χ3n) is 5.12. The molecule has 1 aliphatic rings. The van der Waals surface area contributed by atoms with E-state index in [1.807, 2.05) is 47.4 Å². The van der Waals surface area contributed by atoms with Crippen LogP contribution in [0.3, 0.4) is 0 Å². The molecule has 0 bridgehead atoms. The second-order valence-corrected chi connectivity index (χ2v) is 7.77. The Morgan fingerprint density at radius 2 is 1.83 bits per heavy atom. The molecule has 30 heavy (non-hydrogen) atoms. The number of rotatable bonds is 6. The summed E-state index contributed by atoms with van der Waals surface area (Å²) in [4.78, 5) is 17.0. The monoisotopic (exact) mass is 421 g/mol. The van der Waals surface area contributed by atoms with Crippen LogP contribution in [0.2, 0.25) is 5.02 Å². The van der Waals surface area contributed by atoms with Crippen LogP contribution in [0.1, 0.15) is 21.6 Å². The average Bonchev–Trinajstić information content (AvgIpc) is 3.23. The van der Waals surface area contributed by atoms with E-state index in [1.54, 1.807) is 10.9 Å². The lowest BCUT2D eigenvalue weighted by atomic mass is 10.2. The third kappa shape index (κ3) is 5.34. The van der Waals surface area contributed by atoms with E-state index in [1.165, 1.54) is 5.56 Å². The summed E-state index contributed by atoms with van der Waals surface area (Å²) in [5.41, 5.74) is 2.60. The molecule has 1 aliphatic heterocycles. The second kappa shape index (κ2) is 9.69. The molecular weight excluding hydrogens is 398 g/mol. The maximum absolute atomic E-state index is 12.8. The molecule has 0 unspecified atom stereocenters. The van der Waals surface area contributed by atoms with Crippen molar-refractivity contribution in [3.63, 3.8) is 0 Å². The Morgan fingerprint density at radius 1 is 1.03 bits per heavy atom. The van der Waals surface area contributed by atoms with Gasteiger partial charge in [-0.1, -0.05) is 71.4 Å². The number of benzene rings is 2. The molecule has 6 nitrogen and oxygen atoms in total. The van der Waals surface area contributed by atoms with Gasteiger partial charge in [-0.15, -0.1) is 5.10 Å². The topological polar surface area (TPSA) is 54.3 Å². The molecule has 0 spiro atoms. The van der Waals surface area contributed by atoms with E-state index < -0.39 is 0 Å². The maximum atomic E-state index is 12.8. The van der Waals surface area contributed by atoms with Crippen LogP contribution in [0.4, 0.5) is 0 Å². The van der Waals surface area contributed by atoms with Crippen LogP contribution in [-0.4, -0.2) is 63.4 Å². The fourth-order valence-electron chi connectivity index (χ4n) is 3.49. The predicted molar refractivity (Wildman–Crippen MR) is 118 cm³/mol. The molecule has 1 saturated heterocycles. The van der Waals surface area contributed by atoms with Gasteiger partial charge < -0.3 is 4.90 Å². The first kappa shape index (κ1) is 20.3. The number of piperazine rings is 1. The Hall–Kier alpha value is -2.96. The van der Waals surface area contributed by atoms with Gasteiger partial charge in [0.15, 0.2) is 5.69 Å². The number of aromatic nitrogens is 3. The average molecular weight is 422 g/mol. The zero-order valence-electron chi connectivity index (χ0n) is 16.7. The van der Waals surface area contributed by atoms with Crippen LogP contribution < -0.4 is 0 Å². The molecular formula is C23H24ClN5O. The Labute approximate surface area is 181 Å². The number of hydrogen-bond acceptors (Lipinski definition) is 4. The molecule has 1 amide bonds. The van der Waals surface area contributed by atoms with E-state index in [4.69, 9.17) is 11.6 Å². The SMILES string of the molecule is O=C(c1cn(Cc2cccc(Cl)c2)nn1)N1CCN(CC=Cc2ccccc2)CC1. The summed E-state index contributed by atoms with van der Waals surface area (Å²) in [6, 6.07) is 17.9. The normalized spacial score (nSPS) is 15.0. The first-order chi connectivity index (χ1) is 14.7. The van der Waals surface area contributed by atoms with Crippen molar-refractivity contribution in [2.75, 3.05) is 32.7 Å². The number of carbonyl (C=O) groups is 1. The van der Waals surface area contributed by atoms with Crippen molar-refractivity contribution >= 4 is 23.6 Å². The summed E-state index contributed by atoms with van der Waals surface area (Å²) in [5.74, 6) is -0.0631. The van der Waals surface area contributed by atoms with Crippen LogP contribution in [-0.2, 0) is 6.54 Å². The maximum Gasteiger partial charge on any atom is 0.276 e. The van der Waals surface area contributed by atoms with Gasteiger partial charge in [-0.25, -0.2) is 4.68 Å². The molecule has 2 aromatic carbocycles. The smallest absolute Gasteiger partial charge is 0.276 e. The van der Waals surface area contributed by atoms with Crippen molar-refractivity contribution in [3.05, 3.63) is 88.7 Å². The highest BCUT2D eigenvalue weighted by molar-refractivity contribution is 6.30.